The molecule has 8 heteroatoms. The summed E-state index contributed by atoms with van der Waals surface area (Å²) in [5, 5.41) is 2.76. The van der Waals surface area contributed by atoms with E-state index in [1.807, 2.05) is 37.3 Å². The van der Waals surface area contributed by atoms with Crippen LogP contribution in [-0.4, -0.2) is 24.3 Å². The summed E-state index contributed by atoms with van der Waals surface area (Å²) < 4.78 is 6.55. The first kappa shape index (κ1) is 25.0. The Labute approximate surface area is 207 Å². The van der Waals surface area contributed by atoms with Crippen molar-refractivity contribution in [1.29, 1.82) is 0 Å². The van der Waals surface area contributed by atoms with Gasteiger partial charge in [-0.1, -0.05) is 53.2 Å². The highest BCUT2D eigenvalue weighted by Crippen LogP contribution is 2.23. The first-order valence-corrected chi connectivity index (χ1v) is 11.7. The van der Waals surface area contributed by atoms with E-state index in [2.05, 4.69) is 32.1 Å². The molecule has 3 aromatic rings. The lowest BCUT2D eigenvalue weighted by atomic mass is 10.1. The standard InChI is InChI=1S/C26H26BrN3O4/c1-2-6-24(31)28-21-12-9-19(10-13-21)25(32)29-30-26(33)22-17-20(27)11-14-23(22)34-16-15-18-7-4-3-5-8-18/h3-5,7-14,17H,2,6,15-16H2,1H3,(H,28,31)(H,29,32)(H,30,33). The van der Waals surface area contributed by atoms with Crippen LogP contribution in [0.3, 0.4) is 0 Å². The molecule has 0 aliphatic carbocycles. The molecule has 0 saturated heterocycles. The molecule has 3 N–H and O–H groups in total. The molecule has 34 heavy (non-hydrogen) atoms. The van der Waals surface area contributed by atoms with Gasteiger partial charge in [0.2, 0.25) is 5.91 Å². The number of carbonyl (C=O) groups excluding carboxylic acids is 3. The van der Waals surface area contributed by atoms with Gasteiger partial charge in [-0.2, -0.15) is 0 Å². The van der Waals surface area contributed by atoms with Crippen molar-refractivity contribution in [2.75, 3.05) is 11.9 Å². The minimum atomic E-state index is -0.507. The van der Waals surface area contributed by atoms with Gasteiger partial charge in [0.05, 0.1) is 12.2 Å². The summed E-state index contributed by atoms with van der Waals surface area (Å²) in [6.07, 6.45) is 1.88. The van der Waals surface area contributed by atoms with Crippen LogP contribution in [0.1, 0.15) is 46.0 Å². The predicted molar refractivity (Wildman–Crippen MR) is 135 cm³/mol. The molecule has 3 amide bonds. The number of benzene rings is 3. The summed E-state index contributed by atoms with van der Waals surface area (Å²) in [5.41, 5.74) is 7.20. The fourth-order valence-corrected chi connectivity index (χ4v) is 3.50. The number of carbonyl (C=O) groups is 3. The molecule has 0 unspecified atom stereocenters. The monoisotopic (exact) mass is 523 g/mol. The van der Waals surface area contributed by atoms with Gasteiger partial charge < -0.3 is 10.1 Å². The summed E-state index contributed by atoms with van der Waals surface area (Å²) in [6, 6.07) is 21.4. The van der Waals surface area contributed by atoms with Gasteiger partial charge in [0.15, 0.2) is 0 Å². The zero-order chi connectivity index (χ0) is 24.3. The Bertz CT molecular complexity index is 1130. The molecule has 0 saturated carbocycles. The van der Waals surface area contributed by atoms with E-state index in [1.165, 1.54) is 0 Å². The third-order valence-corrected chi connectivity index (χ3v) is 5.37. The number of hydrazine groups is 1. The molecule has 0 fully saturated rings. The van der Waals surface area contributed by atoms with E-state index in [0.717, 1.165) is 12.0 Å². The van der Waals surface area contributed by atoms with Gasteiger partial charge in [0.25, 0.3) is 11.8 Å². The Kier molecular flexibility index (Phi) is 9.22. The molecule has 0 radical (unpaired) electrons. The normalized spacial score (nSPS) is 10.3. The minimum Gasteiger partial charge on any atom is -0.492 e. The topological polar surface area (TPSA) is 96.5 Å². The highest BCUT2D eigenvalue weighted by Gasteiger charge is 2.15. The SMILES string of the molecule is CCCC(=O)Nc1ccc(C(=O)NNC(=O)c2cc(Br)ccc2OCCc2ccccc2)cc1. The number of hydrogen-bond acceptors (Lipinski definition) is 4. The van der Waals surface area contributed by atoms with Gasteiger partial charge in [-0.15, -0.1) is 0 Å². The number of amides is 3. The maximum atomic E-state index is 12.7. The first-order chi connectivity index (χ1) is 16.5. The highest BCUT2D eigenvalue weighted by molar-refractivity contribution is 9.10. The number of anilines is 1. The van der Waals surface area contributed by atoms with E-state index in [4.69, 9.17) is 4.74 Å². The number of ether oxygens (including phenoxy) is 1. The van der Waals surface area contributed by atoms with Gasteiger partial charge in [0, 0.05) is 28.6 Å². The average Bonchev–Trinajstić information content (AvgIpc) is 2.84. The summed E-state index contributed by atoms with van der Waals surface area (Å²) in [5.74, 6) is -0.657. The van der Waals surface area contributed by atoms with Crippen molar-refractivity contribution in [2.24, 2.45) is 0 Å². The number of nitrogens with one attached hydrogen (secondary N) is 3. The molecule has 3 aromatic carbocycles. The first-order valence-electron chi connectivity index (χ1n) is 10.9. The molecule has 0 aliphatic rings. The maximum Gasteiger partial charge on any atom is 0.273 e. The summed E-state index contributed by atoms with van der Waals surface area (Å²) in [4.78, 5) is 36.9. The number of hydrogen-bond donors (Lipinski definition) is 3. The van der Waals surface area contributed by atoms with Crippen molar-refractivity contribution in [2.45, 2.75) is 26.2 Å². The second kappa shape index (κ2) is 12.6. The molecule has 176 valence electrons. The Morgan fingerprint density at radius 1 is 0.882 bits per heavy atom. The maximum absolute atomic E-state index is 12.7. The van der Waals surface area contributed by atoms with Crippen LogP contribution < -0.4 is 20.9 Å². The van der Waals surface area contributed by atoms with Crippen LogP contribution in [0.25, 0.3) is 0 Å². The Hall–Kier alpha value is -3.65. The lowest BCUT2D eigenvalue weighted by Crippen LogP contribution is -2.41. The number of halogens is 1. The summed E-state index contributed by atoms with van der Waals surface area (Å²) in [7, 11) is 0. The highest BCUT2D eigenvalue weighted by atomic mass is 79.9. The van der Waals surface area contributed by atoms with Crippen molar-refractivity contribution in [1.82, 2.24) is 10.9 Å². The van der Waals surface area contributed by atoms with Crippen molar-refractivity contribution >= 4 is 39.3 Å². The molecule has 0 bridgehead atoms. The van der Waals surface area contributed by atoms with Crippen LogP contribution >= 0.6 is 15.9 Å². The van der Waals surface area contributed by atoms with E-state index in [9.17, 15) is 14.4 Å². The molecule has 0 atom stereocenters. The van der Waals surface area contributed by atoms with Crippen LogP contribution in [-0.2, 0) is 11.2 Å². The second-order valence-electron chi connectivity index (χ2n) is 7.51. The third kappa shape index (κ3) is 7.45. The minimum absolute atomic E-state index is 0.0808. The fourth-order valence-electron chi connectivity index (χ4n) is 3.14. The van der Waals surface area contributed by atoms with Crippen LogP contribution in [0.5, 0.6) is 5.75 Å². The molecule has 0 aromatic heterocycles. The van der Waals surface area contributed by atoms with E-state index in [-0.39, 0.29) is 11.5 Å². The summed E-state index contributed by atoms with van der Waals surface area (Å²) in [6.45, 7) is 2.33. The van der Waals surface area contributed by atoms with Gasteiger partial charge >= 0.3 is 0 Å². The largest absolute Gasteiger partial charge is 0.492 e. The lowest BCUT2D eigenvalue weighted by molar-refractivity contribution is -0.116. The van der Waals surface area contributed by atoms with Crippen LogP contribution in [0, 0.1) is 0 Å². The fraction of sp³-hybridized carbons (Fsp3) is 0.192. The predicted octanol–water partition coefficient (Wildman–Crippen LogP) is 4.88. The molecule has 0 heterocycles. The molecule has 3 rings (SSSR count). The van der Waals surface area contributed by atoms with Crippen molar-refractivity contribution < 1.29 is 19.1 Å². The van der Waals surface area contributed by atoms with E-state index >= 15 is 0 Å². The van der Waals surface area contributed by atoms with E-state index < -0.39 is 11.8 Å². The third-order valence-electron chi connectivity index (χ3n) is 4.87. The van der Waals surface area contributed by atoms with Gasteiger partial charge in [0.1, 0.15) is 5.75 Å². The van der Waals surface area contributed by atoms with Crippen LogP contribution in [0.4, 0.5) is 5.69 Å². The molecule has 0 spiro atoms. The Morgan fingerprint density at radius 3 is 2.29 bits per heavy atom. The van der Waals surface area contributed by atoms with Gasteiger partial charge in [-0.3, -0.25) is 25.2 Å². The van der Waals surface area contributed by atoms with Crippen molar-refractivity contribution in [3.05, 3.63) is 94.0 Å². The Morgan fingerprint density at radius 2 is 1.59 bits per heavy atom. The van der Waals surface area contributed by atoms with Gasteiger partial charge in [-0.05, 0) is 54.4 Å². The molecular formula is C26H26BrN3O4. The summed E-state index contributed by atoms with van der Waals surface area (Å²) >= 11 is 3.37. The van der Waals surface area contributed by atoms with Gasteiger partial charge in [-0.25, -0.2) is 0 Å². The van der Waals surface area contributed by atoms with E-state index in [0.29, 0.717) is 40.9 Å². The second-order valence-corrected chi connectivity index (χ2v) is 8.42. The molecule has 0 aliphatic heterocycles. The zero-order valence-corrected chi connectivity index (χ0v) is 20.4. The van der Waals surface area contributed by atoms with Crippen molar-refractivity contribution in [3.63, 3.8) is 0 Å². The number of rotatable bonds is 9. The molecular weight excluding hydrogens is 498 g/mol. The smallest absolute Gasteiger partial charge is 0.273 e. The van der Waals surface area contributed by atoms with E-state index in [1.54, 1.807) is 42.5 Å². The zero-order valence-electron chi connectivity index (χ0n) is 18.8. The van der Waals surface area contributed by atoms with Crippen LogP contribution in [0.2, 0.25) is 0 Å². The Balaban J connectivity index is 1.57. The van der Waals surface area contributed by atoms with Crippen molar-refractivity contribution in [3.8, 4) is 5.75 Å². The molecule has 7 nitrogen and oxygen atoms in total. The lowest BCUT2D eigenvalue weighted by Gasteiger charge is -2.13. The average molecular weight is 524 g/mol. The quantitative estimate of drug-likeness (QED) is 0.348. The van der Waals surface area contributed by atoms with Crippen LogP contribution in [0.15, 0.2) is 77.3 Å².